The first-order valence-electron chi connectivity index (χ1n) is 4.71. The van der Waals surface area contributed by atoms with Gasteiger partial charge < -0.3 is 4.74 Å². The molecule has 0 amide bonds. The van der Waals surface area contributed by atoms with Crippen molar-refractivity contribution >= 4 is 23.6 Å². The highest BCUT2D eigenvalue weighted by Crippen LogP contribution is 2.14. The van der Waals surface area contributed by atoms with E-state index in [1.807, 2.05) is 0 Å². The van der Waals surface area contributed by atoms with Gasteiger partial charge in [-0.1, -0.05) is 11.6 Å². The van der Waals surface area contributed by atoms with Gasteiger partial charge in [0.2, 0.25) is 0 Å². The summed E-state index contributed by atoms with van der Waals surface area (Å²) in [6, 6.07) is 1.14. The van der Waals surface area contributed by atoms with E-state index in [1.54, 1.807) is 6.92 Å². The fourth-order valence-corrected chi connectivity index (χ4v) is 1.18. The van der Waals surface area contributed by atoms with E-state index in [0.29, 0.717) is 0 Å². The van der Waals surface area contributed by atoms with Gasteiger partial charge in [0.15, 0.2) is 0 Å². The summed E-state index contributed by atoms with van der Waals surface area (Å²) in [4.78, 5) is 15.0. The summed E-state index contributed by atoms with van der Waals surface area (Å²) in [5, 5.41) is 0.212. The second kappa shape index (κ2) is 5.61. The number of hydrogen-bond donors (Lipinski definition) is 0. The van der Waals surface area contributed by atoms with Crippen molar-refractivity contribution in [3.05, 3.63) is 34.4 Å². The van der Waals surface area contributed by atoms with Gasteiger partial charge in [-0.05, 0) is 26.0 Å². The minimum atomic E-state index is -0.573. The highest BCUT2D eigenvalue weighted by Gasteiger charge is 2.07. The zero-order valence-electron chi connectivity index (χ0n) is 8.96. The minimum Gasteiger partial charge on any atom is -0.463 e. The third-order valence-electron chi connectivity index (χ3n) is 1.79. The van der Waals surface area contributed by atoms with E-state index in [4.69, 9.17) is 16.3 Å². The number of ether oxygens (including phenoxy) is 1. The Morgan fingerprint density at radius 3 is 2.94 bits per heavy atom. The van der Waals surface area contributed by atoms with Crippen LogP contribution in [0.15, 0.2) is 17.8 Å². The zero-order chi connectivity index (χ0) is 12.1. The van der Waals surface area contributed by atoms with Crippen LogP contribution in [0.1, 0.15) is 19.5 Å². The van der Waals surface area contributed by atoms with Crippen LogP contribution < -0.4 is 0 Å². The van der Waals surface area contributed by atoms with Crippen molar-refractivity contribution in [3.8, 4) is 0 Å². The van der Waals surface area contributed by atoms with Gasteiger partial charge in [0.25, 0.3) is 0 Å². The lowest BCUT2D eigenvalue weighted by molar-refractivity contribution is -0.138. The molecule has 0 saturated heterocycles. The number of aromatic nitrogens is 1. The summed E-state index contributed by atoms with van der Waals surface area (Å²) in [5.74, 6) is -1.06. The lowest BCUT2D eigenvalue weighted by Gasteiger charge is -2.02. The van der Waals surface area contributed by atoms with Crippen LogP contribution >= 0.6 is 11.6 Å². The molecular weight excluding hydrogens is 233 g/mol. The molecule has 0 atom stereocenters. The maximum atomic E-state index is 13.3. The molecule has 0 saturated carbocycles. The normalized spacial score (nSPS) is 11.4. The Kier molecular flexibility index (Phi) is 4.43. The Bertz CT molecular complexity index is 432. The van der Waals surface area contributed by atoms with Gasteiger partial charge in [0.05, 0.1) is 17.3 Å². The highest BCUT2D eigenvalue weighted by atomic mass is 35.5. The van der Waals surface area contributed by atoms with Crippen LogP contribution in [-0.4, -0.2) is 17.6 Å². The monoisotopic (exact) mass is 243 g/mol. The van der Waals surface area contributed by atoms with E-state index in [1.165, 1.54) is 19.2 Å². The highest BCUT2D eigenvalue weighted by molar-refractivity contribution is 6.30. The molecule has 3 nitrogen and oxygen atoms in total. The van der Waals surface area contributed by atoms with Crippen LogP contribution in [0.25, 0.3) is 6.08 Å². The fraction of sp³-hybridized carbons (Fsp3) is 0.273. The number of halogens is 2. The first-order valence-corrected chi connectivity index (χ1v) is 5.09. The number of hydrogen-bond acceptors (Lipinski definition) is 3. The molecule has 0 spiro atoms. The Hall–Kier alpha value is -1.42. The lowest BCUT2D eigenvalue weighted by Crippen LogP contribution is -2.05. The first-order chi connectivity index (χ1) is 7.54. The third-order valence-corrected chi connectivity index (χ3v) is 1.99. The zero-order valence-corrected chi connectivity index (χ0v) is 9.71. The predicted molar refractivity (Wildman–Crippen MR) is 59.5 cm³/mol. The van der Waals surface area contributed by atoms with E-state index in [-0.39, 0.29) is 22.9 Å². The Balaban J connectivity index is 2.94. The molecule has 0 aliphatic rings. The number of esters is 1. The van der Waals surface area contributed by atoms with Crippen LogP contribution in [0.3, 0.4) is 0 Å². The number of pyridine rings is 1. The van der Waals surface area contributed by atoms with Gasteiger partial charge in [-0.3, -0.25) is 4.98 Å². The van der Waals surface area contributed by atoms with E-state index in [2.05, 4.69) is 4.98 Å². The topological polar surface area (TPSA) is 39.2 Å². The molecule has 1 aromatic heterocycles. The SMILES string of the molecule is CCOC(=O)/C(C)=C/c1ncc(Cl)cc1F. The fourth-order valence-electron chi connectivity index (χ4n) is 1.04. The van der Waals surface area contributed by atoms with Gasteiger partial charge in [0.1, 0.15) is 5.82 Å². The molecule has 1 aromatic rings. The summed E-state index contributed by atoms with van der Waals surface area (Å²) >= 11 is 5.55. The average molecular weight is 244 g/mol. The van der Waals surface area contributed by atoms with Gasteiger partial charge in [-0.15, -0.1) is 0 Å². The number of carbonyl (C=O) groups excluding carboxylic acids is 1. The van der Waals surface area contributed by atoms with Gasteiger partial charge in [-0.25, -0.2) is 9.18 Å². The van der Waals surface area contributed by atoms with E-state index >= 15 is 0 Å². The van der Waals surface area contributed by atoms with Crippen molar-refractivity contribution in [3.63, 3.8) is 0 Å². The van der Waals surface area contributed by atoms with Crippen LogP contribution in [-0.2, 0) is 9.53 Å². The van der Waals surface area contributed by atoms with Crippen LogP contribution in [0.2, 0.25) is 5.02 Å². The number of rotatable bonds is 3. The van der Waals surface area contributed by atoms with Crippen molar-refractivity contribution in [1.29, 1.82) is 0 Å². The second-order valence-corrected chi connectivity index (χ2v) is 3.50. The molecule has 0 radical (unpaired) electrons. The van der Waals surface area contributed by atoms with Gasteiger partial charge in [-0.2, -0.15) is 0 Å². The number of nitrogens with zero attached hydrogens (tertiary/aromatic N) is 1. The molecule has 0 unspecified atom stereocenters. The second-order valence-electron chi connectivity index (χ2n) is 3.07. The summed E-state index contributed by atoms with van der Waals surface area (Å²) in [6.45, 7) is 3.51. The van der Waals surface area contributed by atoms with Gasteiger partial charge >= 0.3 is 5.97 Å². The molecule has 1 rings (SSSR count). The molecule has 0 aliphatic carbocycles. The first kappa shape index (κ1) is 12.6. The standard InChI is InChI=1S/C11H11ClFNO2/c1-3-16-11(15)7(2)4-10-9(13)5-8(12)6-14-10/h4-6H,3H2,1-2H3/b7-4+. The largest absolute Gasteiger partial charge is 0.463 e. The third kappa shape index (κ3) is 3.31. The van der Waals surface area contributed by atoms with Crippen molar-refractivity contribution in [2.24, 2.45) is 0 Å². The smallest absolute Gasteiger partial charge is 0.333 e. The molecule has 0 aliphatic heterocycles. The van der Waals surface area contributed by atoms with Crippen molar-refractivity contribution < 1.29 is 13.9 Å². The summed E-state index contributed by atoms with van der Waals surface area (Å²) in [6.07, 6.45) is 2.64. The minimum absolute atomic E-state index is 0.0648. The molecule has 0 fully saturated rings. The quantitative estimate of drug-likeness (QED) is 0.605. The molecule has 86 valence electrons. The Morgan fingerprint density at radius 1 is 1.69 bits per heavy atom. The van der Waals surface area contributed by atoms with Gasteiger partial charge in [0, 0.05) is 11.8 Å². The molecule has 0 N–H and O–H groups in total. The maximum Gasteiger partial charge on any atom is 0.333 e. The lowest BCUT2D eigenvalue weighted by atomic mass is 10.2. The average Bonchev–Trinajstić information content (AvgIpc) is 2.22. The maximum absolute atomic E-state index is 13.3. The summed E-state index contributed by atoms with van der Waals surface area (Å²) < 4.78 is 18.1. The Labute approximate surface area is 97.9 Å². The van der Waals surface area contributed by atoms with Crippen LogP contribution in [0.5, 0.6) is 0 Å². The molecule has 0 bridgehead atoms. The van der Waals surface area contributed by atoms with E-state index < -0.39 is 11.8 Å². The summed E-state index contributed by atoms with van der Waals surface area (Å²) in [7, 11) is 0. The van der Waals surface area contributed by atoms with E-state index in [9.17, 15) is 9.18 Å². The Morgan fingerprint density at radius 2 is 2.38 bits per heavy atom. The number of carbonyl (C=O) groups is 1. The molecule has 5 heteroatoms. The molecular formula is C11H11ClFNO2. The van der Waals surface area contributed by atoms with Crippen molar-refractivity contribution in [2.45, 2.75) is 13.8 Å². The predicted octanol–water partition coefficient (Wildman–Crippen LogP) is 2.84. The molecule has 1 heterocycles. The summed E-state index contributed by atoms with van der Waals surface area (Å²) in [5.41, 5.74) is 0.352. The molecule has 16 heavy (non-hydrogen) atoms. The van der Waals surface area contributed by atoms with E-state index in [0.717, 1.165) is 6.07 Å². The van der Waals surface area contributed by atoms with Crippen LogP contribution in [0.4, 0.5) is 4.39 Å². The van der Waals surface area contributed by atoms with Crippen LogP contribution in [0, 0.1) is 5.82 Å². The van der Waals surface area contributed by atoms with Crippen molar-refractivity contribution in [2.75, 3.05) is 6.61 Å². The van der Waals surface area contributed by atoms with Crippen molar-refractivity contribution in [1.82, 2.24) is 4.98 Å². The molecule has 0 aromatic carbocycles.